The van der Waals surface area contributed by atoms with Crippen LogP contribution < -0.4 is 5.10 Å². The first-order valence-corrected chi connectivity index (χ1v) is 21.9. The summed E-state index contributed by atoms with van der Waals surface area (Å²) in [5.74, 6) is 0. The number of pyridine rings is 4. The Morgan fingerprint density at radius 2 is 1.22 bits per heavy atom. The molecule has 0 aromatic carbocycles. The summed E-state index contributed by atoms with van der Waals surface area (Å²) in [6.07, 6.45) is 9.33. The number of ether oxygens (including phenoxy) is 6. The van der Waals surface area contributed by atoms with Crippen LogP contribution in [0, 0.1) is 0 Å². The van der Waals surface area contributed by atoms with Crippen molar-refractivity contribution in [2.24, 2.45) is 0 Å². The van der Waals surface area contributed by atoms with Crippen LogP contribution in [0.1, 0.15) is 89.2 Å². The Hall–Kier alpha value is -4.78. The van der Waals surface area contributed by atoms with Gasteiger partial charge in [-0.25, -0.2) is 4.98 Å². The van der Waals surface area contributed by atoms with E-state index in [1.807, 2.05) is 48.6 Å². The number of aryl methyl sites for hydroxylation is 1. The van der Waals surface area contributed by atoms with E-state index in [4.69, 9.17) is 38.8 Å². The zero-order chi connectivity index (χ0) is 44.7. The number of rotatable bonds is 13. The van der Waals surface area contributed by atoms with Crippen LogP contribution in [-0.2, 0) is 60.5 Å². The molecule has 0 bridgehead atoms. The van der Waals surface area contributed by atoms with Gasteiger partial charge in [0.25, 0.3) is 0 Å². The fraction of sp³-hybridized carbons (Fsp3) is 0.348. The van der Waals surface area contributed by atoms with E-state index in [-0.39, 0.29) is 37.8 Å². The van der Waals surface area contributed by atoms with Crippen molar-refractivity contribution in [3.05, 3.63) is 128 Å². The van der Waals surface area contributed by atoms with Gasteiger partial charge in [0, 0.05) is 50.7 Å². The summed E-state index contributed by atoms with van der Waals surface area (Å²) < 4.78 is 72.2. The summed E-state index contributed by atoms with van der Waals surface area (Å²) >= 11 is 5.47. The van der Waals surface area contributed by atoms with Gasteiger partial charge in [0.2, 0.25) is 0 Å². The number of thiophene rings is 1. The topological polar surface area (TPSA) is 156 Å². The van der Waals surface area contributed by atoms with Crippen molar-refractivity contribution in [2.75, 3.05) is 39.6 Å². The maximum absolute atomic E-state index is 12.7. The van der Waals surface area contributed by atoms with Crippen LogP contribution >= 0.6 is 23.6 Å². The second-order valence-electron chi connectivity index (χ2n) is 14.5. The molecule has 0 radical (unpaired) electrons. The van der Waals surface area contributed by atoms with Crippen LogP contribution in [0.3, 0.4) is 0 Å². The van der Waals surface area contributed by atoms with Gasteiger partial charge in [-0.2, -0.15) is 18.3 Å². The van der Waals surface area contributed by atoms with Gasteiger partial charge in [0.1, 0.15) is 5.69 Å². The Kier molecular flexibility index (Phi) is 18.8. The van der Waals surface area contributed by atoms with E-state index in [2.05, 4.69) is 56.4 Å². The number of unbranched alkanes of at least 4 members (excludes halogenated alkanes) is 3. The average molecular weight is 1010 g/mol. The van der Waals surface area contributed by atoms with Gasteiger partial charge in [-0.05, 0) is 91.2 Å². The molecule has 3 saturated heterocycles. The van der Waals surface area contributed by atoms with Crippen LogP contribution in [0.5, 0.6) is 0 Å². The molecule has 6 aromatic heterocycles. The zero-order valence-electron chi connectivity index (χ0n) is 35.1. The Balaban J connectivity index is 0.000000203. The zero-order valence-corrected chi connectivity index (χ0v) is 38.5. The minimum absolute atomic E-state index is 0. The summed E-state index contributed by atoms with van der Waals surface area (Å²) in [6.45, 7) is 5.61. The molecule has 0 N–H and O–H groups in total. The van der Waals surface area contributed by atoms with Crippen LogP contribution in [0.15, 0.2) is 85.3 Å². The van der Waals surface area contributed by atoms with E-state index in [0.29, 0.717) is 68.1 Å². The number of hydrogen-bond donors (Lipinski definition) is 0. The number of nitrogens with zero attached hydrogens (tertiary/aromatic N) is 7. The van der Waals surface area contributed by atoms with Gasteiger partial charge in [0.15, 0.2) is 18.9 Å². The summed E-state index contributed by atoms with van der Waals surface area (Å²) in [6, 6.07) is 20.2. The monoisotopic (exact) mass is 1010 g/mol. The molecule has 3 fully saturated rings. The second kappa shape index (κ2) is 24.7. The first-order chi connectivity index (χ1) is 31.2. The van der Waals surface area contributed by atoms with Gasteiger partial charge >= 0.3 is 25.7 Å². The molecule has 13 nitrogen and oxygen atoms in total. The quantitative estimate of drug-likeness (QED) is 0.0467. The number of isothiocyanates is 1. The molecule has 9 heterocycles. The molecule has 6 aromatic rings. The van der Waals surface area contributed by atoms with E-state index in [0.717, 1.165) is 39.6 Å². The van der Waals surface area contributed by atoms with Gasteiger partial charge in [0.05, 0.1) is 62.4 Å². The molecule has 3 aliphatic rings. The Labute approximate surface area is 396 Å². The molecular weight excluding hydrogens is 969 g/mol. The van der Waals surface area contributed by atoms with Gasteiger partial charge in [-0.3, -0.25) is 15.0 Å². The van der Waals surface area contributed by atoms with Gasteiger partial charge in [-0.1, -0.05) is 50.2 Å². The van der Waals surface area contributed by atoms with Crippen LogP contribution in [-0.4, -0.2) is 69.8 Å². The van der Waals surface area contributed by atoms with E-state index < -0.39 is 18.2 Å². The van der Waals surface area contributed by atoms with Crippen molar-refractivity contribution in [1.29, 1.82) is 0 Å². The first kappa shape index (κ1) is 49.7. The second-order valence-corrected chi connectivity index (χ2v) is 15.8. The van der Waals surface area contributed by atoms with Gasteiger partial charge in [-0.15, -0.1) is 11.3 Å². The van der Waals surface area contributed by atoms with Crippen molar-refractivity contribution in [3.8, 4) is 34.2 Å². The van der Waals surface area contributed by atoms with Crippen molar-refractivity contribution < 1.29 is 61.1 Å². The van der Waals surface area contributed by atoms with Gasteiger partial charge < -0.3 is 44.0 Å². The fourth-order valence-electron chi connectivity index (χ4n) is 6.84. The summed E-state index contributed by atoms with van der Waals surface area (Å²) in [5.41, 5.74) is 5.75. The van der Waals surface area contributed by atoms with Crippen LogP contribution in [0.25, 0.3) is 51.7 Å². The molecule has 0 spiro atoms. The number of aromatic nitrogens is 6. The minimum Gasteiger partial charge on any atom is -0.753 e. The van der Waals surface area contributed by atoms with Crippen molar-refractivity contribution in [2.45, 2.75) is 64.1 Å². The molecule has 0 aliphatic carbocycles. The Bertz CT molecular complexity index is 2420. The normalized spacial score (nSPS) is 15.6. The SMILES string of the molecule is CCCCCCc1ccc(/C=C/c2ccnc(-c3cc(C(F)(F)F)n[n-]3)c2)s1.[N-]=C=S.[Ru+2].c1cc(C2OCCO2)cc(-c2cc(C3OCCO3)cc(-c3cc(C4OCCO4)ccn3)n2)n1. The number of alkyl halides is 3. The molecule has 9 rings (SSSR count). The maximum Gasteiger partial charge on any atom is 2.00 e. The number of thiocarbonyl (C=S) groups is 1. The molecule has 19 heteroatoms. The number of hydrogen-bond acceptors (Lipinski definition) is 13. The molecule has 0 atom stereocenters. The molecular formula is C46H44F3N7O6RuS2. The number of halogens is 3. The largest absolute Gasteiger partial charge is 2.00 e. The Morgan fingerprint density at radius 1 is 0.692 bits per heavy atom. The molecule has 340 valence electrons. The summed E-state index contributed by atoms with van der Waals surface area (Å²) in [5, 5.41) is 15.3. The third kappa shape index (κ3) is 14.1. The molecule has 65 heavy (non-hydrogen) atoms. The molecule has 3 aliphatic heterocycles. The molecule has 0 amide bonds. The fourth-order valence-corrected chi connectivity index (χ4v) is 7.80. The van der Waals surface area contributed by atoms with E-state index in [1.165, 1.54) is 35.7 Å². The molecule has 0 unspecified atom stereocenters. The van der Waals surface area contributed by atoms with E-state index in [9.17, 15) is 13.2 Å². The van der Waals surface area contributed by atoms with Crippen molar-refractivity contribution in [1.82, 2.24) is 30.1 Å². The van der Waals surface area contributed by atoms with E-state index in [1.54, 1.807) is 42.1 Å². The van der Waals surface area contributed by atoms with Crippen molar-refractivity contribution in [3.63, 3.8) is 0 Å². The summed E-state index contributed by atoms with van der Waals surface area (Å²) in [4.78, 5) is 20.6. The first-order valence-electron chi connectivity index (χ1n) is 20.7. The van der Waals surface area contributed by atoms with Crippen LogP contribution in [0.2, 0.25) is 0 Å². The van der Waals surface area contributed by atoms with E-state index >= 15 is 0 Å². The Morgan fingerprint density at radius 3 is 1.75 bits per heavy atom. The minimum atomic E-state index is -4.50. The maximum atomic E-state index is 12.7. The van der Waals surface area contributed by atoms with Crippen LogP contribution in [0.4, 0.5) is 13.2 Å². The predicted molar refractivity (Wildman–Crippen MR) is 237 cm³/mol. The summed E-state index contributed by atoms with van der Waals surface area (Å²) in [7, 11) is 0. The third-order valence-corrected chi connectivity index (χ3v) is 11.0. The standard InChI is InChI=1S/C24H23N3O6.C21H21F3N3S.CNS.Ru/c1-3-25-18(11-15(1)22-28-5-6-29-22)20-13-17(24-32-9-10-33-24)14-21(27-20)19-12-16(2-4-26-19)23-30-7-8-31-23;1-2-3-4-5-6-16-9-10-17(28-16)8-7-15-11-12-25-18(13-15)19-14-20(27-26-19)21(22,23)24;2-1-3;/h1-4,11-14,22-24H,5-10H2;7-14H,2-6H2,1H3;;/q;2*-1;+2/b;8-7+;;. The smallest absolute Gasteiger partial charge is 0.753 e. The predicted octanol–water partition coefficient (Wildman–Crippen LogP) is 10.5. The average Bonchev–Trinajstić information content (AvgIpc) is 4.18. The molecule has 0 saturated carbocycles. The van der Waals surface area contributed by atoms with Crippen molar-refractivity contribution >= 4 is 40.9 Å². The third-order valence-electron chi connectivity index (χ3n) is 9.90.